The highest BCUT2D eigenvalue weighted by atomic mass is 19.4. The van der Waals surface area contributed by atoms with Crippen LogP contribution in [0.2, 0.25) is 0 Å². The molecule has 36 heavy (non-hydrogen) atoms. The molecule has 0 spiro atoms. The van der Waals surface area contributed by atoms with Crippen molar-refractivity contribution in [2.24, 2.45) is 5.92 Å². The molecule has 4 rings (SSSR count). The third kappa shape index (κ3) is 5.96. The van der Waals surface area contributed by atoms with Gasteiger partial charge in [0.25, 0.3) is 0 Å². The van der Waals surface area contributed by atoms with Gasteiger partial charge in [-0.1, -0.05) is 62.4 Å². The minimum atomic E-state index is -4.49. The number of aromatic nitrogens is 1. The Bertz CT molecular complexity index is 1340. The number of halogens is 4. The molecule has 7 heteroatoms. The largest absolute Gasteiger partial charge is 0.416 e. The van der Waals surface area contributed by atoms with E-state index in [0.29, 0.717) is 18.7 Å². The van der Waals surface area contributed by atoms with Crippen LogP contribution in [-0.2, 0) is 17.5 Å². The highest BCUT2D eigenvalue weighted by Crippen LogP contribution is 2.38. The Kier molecular flexibility index (Phi) is 7.48. The summed E-state index contributed by atoms with van der Waals surface area (Å²) in [6, 6.07) is 19.0. The van der Waals surface area contributed by atoms with Crippen LogP contribution in [0.1, 0.15) is 48.4 Å². The average Bonchev–Trinajstić information content (AvgIpc) is 3.20. The fourth-order valence-corrected chi connectivity index (χ4v) is 4.38. The molecule has 1 atom stereocenters. The van der Waals surface area contributed by atoms with E-state index in [1.165, 1.54) is 18.2 Å². The monoisotopic (exact) mass is 496 g/mol. The summed E-state index contributed by atoms with van der Waals surface area (Å²) in [6.07, 6.45) is -2.58. The smallest absolute Gasteiger partial charge is 0.356 e. The SMILES string of the molecule is CC(C)CNC(=O)CC(c1cccc(C(F)(F)F)c1)c1cn(Cc2ccc(F)cc2)c2ccccc12. The lowest BCUT2D eigenvalue weighted by atomic mass is 9.87. The van der Waals surface area contributed by atoms with Gasteiger partial charge in [-0.25, -0.2) is 4.39 Å². The van der Waals surface area contributed by atoms with Gasteiger partial charge in [0, 0.05) is 42.5 Å². The molecule has 0 aliphatic rings. The molecule has 1 heterocycles. The molecule has 1 amide bonds. The molecule has 4 aromatic rings. The van der Waals surface area contributed by atoms with Gasteiger partial charge in [-0.05, 0) is 46.9 Å². The zero-order valence-electron chi connectivity index (χ0n) is 20.1. The summed E-state index contributed by atoms with van der Waals surface area (Å²) in [5.74, 6) is -0.882. The minimum Gasteiger partial charge on any atom is -0.356 e. The molecular weight excluding hydrogens is 468 g/mol. The Morgan fingerprint density at radius 1 is 0.972 bits per heavy atom. The number of fused-ring (bicyclic) bond motifs is 1. The fourth-order valence-electron chi connectivity index (χ4n) is 4.38. The van der Waals surface area contributed by atoms with E-state index in [1.54, 1.807) is 18.2 Å². The molecule has 188 valence electrons. The van der Waals surface area contributed by atoms with Crippen LogP contribution in [0, 0.1) is 11.7 Å². The Morgan fingerprint density at radius 2 is 1.69 bits per heavy atom. The van der Waals surface area contributed by atoms with Crippen molar-refractivity contribution in [2.45, 2.75) is 38.9 Å². The van der Waals surface area contributed by atoms with Crippen LogP contribution in [0.25, 0.3) is 10.9 Å². The van der Waals surface area contributed by atoms with E-state index in [-0.39, 0.29) is 24.1 Å². The summed E-state index contributed by atoms with van der Waals surface area (Å²) < 4.78 is 56.0. The lowest BCUT2D eigenvalue weighted by molar-refractivity contribution is -0.137. The van der Waals surface area contributed by atoms with Gasteiger partial charge in [-0.15, -0.1) is 0 Å². The van der Waals surface area contributed by atoms with E-state index in [4.69, 9.17) is 0 Å². The van der Waals surface area contributed by atoms with E-state index in [2.05, 4.69) is 5.32 Å². The standard InChI is InChI=1S/C29H28F4N2O/c1-19(2)16-34-28(36)15-25(21-6-5-7-22(14-21)29(31,32)33)26-18-35(27-9-4-3-8-24(26)27)17-20-10-12-23(30)13-11-20/h3-14,18-19,25H,15-17H2,1-2H3,(H,34,36). The third-order valence-corrected chi connectivity index (χ3v) is 6.17. The van der Waals surface area contributed by atoms with Gasteiger partial charge in [0.2, 0.25) is 5.91 Å². The van der Waals surface area contributed by atoms with Crippen molar-refractivity contribution in [3.05, 3.63) is 107 Å². The topological polar surface area (TPSA) is 34.0 Å². The normalized spacial score (nSPS) is 12.8. The Labute approximate surface area is 207 Å². The number of alkyl halides is 3. The van der Waals surface area contributed by atoms with Gasteiger partial charge in [0.15, 0.2) is 0 Å². The Hall–Kier alpha value is -3.61. The fraction of sp³-hybridized carbons (Fsp3) is 0.276. The van der Waals surface area contributed by atoms with Crippen molar-refractivity contribution >= 4 is 16.8 Å². The van der Waals surface area contributed by atoms with Gasteiger partial charge >= 0.3 is 6.18 Å². The number of hydrogen-bond donors (Lipinski definition) is 1. The molecule has 0 fully saturated rings. The van der Waals surface area contributed by atoms with E-state index in [9.17, 15) is 22.4 Å². The maximum Gasteiger partial charge on any atom is 0.416 e. The summed E-state index contributed by atoms with van der Waals surface area (Å²) >= 11 is 0. The molecule has 0 radical (unpaired) electrons. The molecule has 3 nitrogen and oxygen atoms in total. The number of nitrogens with zero attached hydrogens (tertiary/aromatic N) is 1. The highest BCUT2D eigenvalue weighted by Gasteiger charge is 2.32. The molecule has 1 N–H and O–H groups in total. The van der Waals surface area contributed by atoms with Gasteiger partial charge in [0.05, 0.1) is 5.56 Å². The van der Waals surface area contributed by atoms with Gasteiger partial charge in [-0.3, -0.25) is 4.79 Å². The quantitative estimate of drug-likeness (QED) is 0.259. The second kappa shape index (κ2) is 10.6. The van der Waals surface area contributed by atoms with Gasteiger partial charge in [-0.2, -0.15) is 13.2 Å². The van der Waals surface area contributed by atoms with E-state index < -0.39 is 17.7 Å². The first-order valence-corrected chi connectivity index (χ1v) is 11.9. The number of nitrogens with one attached hydrogen (secondary N) is 1. The van der Waals surface area contributed by atoms with Crippen LogP contribution >= 0.6 is 0 Å². The van der Waals surface area contributed by atoms with Crippen LogP contribution in [0.3, 0.4) is 0 Å². The molecule has 0 saturated carbocycles. The zero-order chi connectivity index (χ0) is 25.9. The molecular formula is C29H28F4N2O. The first-order chi connectivity index (χ1) is 17.1. The second-order valence-corrected chi connectivity index (χ2v) is 9.43. The van der Waals surface area contributed by atoms with Gasteiger partial charge < -0.3 is 9.88 Å². The predicted molar refractivity (Wildman–Crippen MR) is 133 cm³/mol. The first kappa shape index (κ1) is 25.5. The zero-order valence-corrected chi connectivity index (χ0v) is 20.1. The van der Waals surface area contributed by atoms with Gasteiger partial charge in [0.1, 0.15) is 5.82 Å². The summed E-state index contributed by atoms with van der Waals surface area (Å²) in [5, 5.41) is 3.75. The van der Waals surface area contributed by atoms with Crippen LogP contribution in [0.4, 0.5) is 17.6 Å². The van der Waals surface area contributed by atoms with Crippen molar-refractivity contribution in [1.82, 2.24) is 9.88 Å². The number of rotatable bonds is 8. The van der Waals surface area contributed by atoms with Crippen LogP contribution in [0.15, 0.2) is 79.0 Å². The van der Waals surface area contributed by atoms with E-state index >= 15 is 0 Å². The lowest BCUT2D eigenvalue weighted by Gasteiger charge is -2.19. The summed E-state index contributed by atoms with van der Waals surface area (Å²) in [7, 11) is 0. The predicted octanol–water partition coefficient (Wildman–Crippen LogP) is 7.14. The number of carbonyl (C=O) groups is 1. The summed E-state index contributed by atoms with van der Waals surface area (Å²) in [4.78, 5) is 12.9. The summed E-state index contributed by atoms with van der Waals surface area (Å²) in [6.45, 7) is 4.90. The van der Waals surface area contributed by atoms with E-state index in [0.717, 1.165) is 34.2 Å². The number of benzene rings is 3. The molecule has 1 aromatic heterocycles. The number of para-hydroxylation sites is 1. The average molecular weight is 497 g/mol. The van der Waals surface area contributed by atoms with Crippen molar-refractivity contribution < 1.29 is 22.4 Å². The van der Waals surface area contributed by atoms with E-state index in [1.807, 2.05) is 48.9 Å². The molecule has 0 bridgehead atoms. The van der Waals surface area contributed by atoms with Crippen LogP contribution in [0.5, 0.6) is 0 Å². The number of hydrogen-bond acceptors (Lipinski definition) is 1. The number of carbonyl (C=O) groups excluding carboxylic acids is 1. The molecule has 0 aliphatic carbocycles. The van der Waals surface area contributed by atoms with Crippen molar-refractivity contribution in [3.63, 3.8) is 0 Å². The molecule has 3 aromatic carbocycles. The lowest BCUT2D eigenvalue weighted by Crippen LogP contribution is -2.28. The molecule has 1 unspecified atom stereocenters. The molecule has 0 aliphatic heterocycles. The Balaban J connectivity index is 1.79. The second-order valence-electron chi connectivity index (χ2n) is 9.43. The van der Waals surface area contributed by atoms with Crippen LogP contribution < -0.4 is 5.32 Å². The first-order valence-electron chi connectivity index (χ1n) is 11.9. The third-order valence-electron chi connectivity index (χ3n) is 6.17. The maximum absolute atomic E-state index is 13.5. The van der Waals surface area contributed by atoms with Crippen LogP contribution in [-0.4, -0.2) is 17.0 Å². The van der Waals surface area contributed by atoms with Crippen molar-refractivity contribution in [1.29, 1.82) is 0 Å². The Morgan fingerprint density at radius 3 is 2.39 bits per heavy atom. The summed E-state index contributed by atoms with van der Waals surface area (Å²) in [5.41, 5.74) is 2.22. The maximum atomic E-state index is 13.5. The van der Waals surface area contributed by atoms with Crippen molar-refractivity contribution in [2.75, 3.05) is 6.54 Å². The minimum absolute atomic E-state index is 0.0125. The number of amides is 1. The molecule has 0 saturated heterocycles. The van der Waals surface area contributed by atoms with Crippen molar-refractivity contribution in [3.8, 4) is 0 Å². The highest BCUT2D eigenvalue weighted by molar-refractivity contribution is 5.86.